The van der Waals surface area contributed by atoms with Crippen molar-refractivity contribution >= 4 is 11.3 Å². The van der Waals surface area contributed by atoms with Crippen molar-refractivity contribution in [1.82, 2.24) is 20.3 Å². The molecule has 0 amide bonds. The number of aryl methyl sites for hydroxylation is 1. The molecule has 0 spiro atoms. The third kappa shape index (κ3) is 2.28. The molecule has 4 nitrogen and oxygen atoms in total. The Bertz CT molecular complexity index is 543. The van der Waals surface area contributed by atoms with Crippen molar-refractivity contribution in [3.63, 3.8) is 0 Å². The van der Waals surface area contributed by atoms with E-state index in [0.29, 0.717) is 5.92 Å². The Labute approximate surface area is 111 Å². The maximum atomic E-state index is 4.74. The quantitative estimate of drug-likeness (QED) is 0.917. The van der Waals surface area contributed by atoms with Crippen LogP contribution in [0.5, 0.6) is 0 Å². The molecule has 1 fully saturated rings. The SMILES string of the molecule is CNCc1sc(-c2ncc(C)cn2)nc1C1CC1. The lowest BCUT2D eigenvalue weighted by atomic mass is 10.2. The van der Waals surface area contributed by atoms with Gasteiger partial charge in [0, 0.05) is 29.7 Å². The fourth-order valence-electron chi connectivity index (χ4n) is 1.93. The van der Waals surface area contributed by atoms with Crippen LogP contribution < -0.4 is 5.32 Å². The molecule has 0 radical (unpaired) electrons. The fourth-order valence-corrected chi connectivity index (χ4v) is 3.03. The summed E-state index contributed by atoms with van der Waals surface area (Å²) in [7, 11) is 1.97. The lowest BCUT2D eigenvalue weighted by Gasteiger charge is -1.97. The van der Waals surface area contributed by atoms with E-state index in [1.807, 2.05) is 26.4 Å². The van der Waals surface area contributed by atoms with Gasteiger partial charge in [0.25, 0.3) is 0 Å². The number of nitrogens with zero attached hydrogens (tertiary/aromatic N) is 3. The minimum Gasteiger partial charge on any atom is -0.315 e. The summed E-state index contributed by atoms with van der Waals surface area (Å²) in [5.41, 5.74) is 2.33. The molecule has 1 N–H and O–H groups in total. The van der Waals surface area contributed by atoms with Crippen LogP contribution in [0.3, 0.4) is 0 Å². The second kappa shape index (κ2) is 4.74. The number of aromatic nitrogens is 3. The zero-order chi connectivity index (χ0) is 12.5. The van der Waals surface area contributed by atoms with Gasteiger partial charge in [0.05, 0.1) is 5.69 Å². The van der Waals surface area contributed by atoms with Crippen LogP contribution in [0.25, 0.3) is 10.8 Å². The van der Waals surface area contributed by atoms with Gasteiger partial charge in [-0.25, -0.2) is 15.0 Å². The maximum Gasteiger partial charge on any atom is 0.188 e. The van der Waals surface area contributed by atoms with Gasteiger partial charge in [-0.3, -0.25) is 0 Å². The van der Waals surface area contributed by atoms with Crippen molar-refractivity contribution in [2.45, 2.75) is 32.2 Å². The van der Waals surface area contributed by atoms with Gasteiger partial charge in [0.15, 0.2) is 10.8 Å². The van der Waals surface area contributed by atoms with Crippen molar-refractivity contribution in [1.29, 1.82) is 0 Å². The van der Waals surface area contributed by atoms with Gasteiger partial charge in [-0.1, -0.05) is 0 Å². The second-order valence-electron chi connectivity index (χ2n) is 4.72. The zero-order valence-electron chi connectivity index (χ0n) is 10.6. The molecule has 94 valence electrons. The number of rotatable bonds is 4. The molecule has 2 heterocycles. The summed E-state index contributed by atoms with van der Waals surface area (Å²) in [4.78, 5) is 14.8. The van der Waals surface area contributed by atoms with E-state index in [1.165, 1.54) is 23.4 Å². The van der Waals surface area contributed by atoms with Gasteiger partial charge in [0.1, 0.15) is 0 Å². The first-order valence-electron chi connectivity index (χ1n) is 6.21. The van der Waals surface area contributed by atoms with Gasteiger partial charge in [-0.2, -0.15) is 0 Å². The molecule has 0 aliphatic heterocycles. The van der Waals surface area contributed by atoms with Crippen molar-refractivity contribution in [3.05, 3.63) is 28.5 Å². The van der Waals surface area contributed by atoms with Crippen LogP contribution in [0, 0.1) is 6.92 Å². The summed E-state index contributed by atoms with van der Waals surface area (Å²) >= 11 is 1.71. The van der Waals surface area contributed by atoms with E-state index in [9.17, 15) is 0 Å². The van der Waals surface area contributed by atoms with Crippen LogP contribution in [0.2, 0.25) is 0 Å². The smallest absolute Gasteiger partial charge is 0.188 e. The van der Waals surface area contributed by atoms with E-state index < -0.39 is 0 Å². The highest BCUT2D eigenvalue weighted by Gasteiger charge is 2.29. The Kier molecular flexibility index (Phi) is 3.09. The number of hydrogen-bond donors (Lipinski definition) is 1. The van der Waals surface area contributed by atoms with Gasteiger partial charge >= 0.3 is 0 Å². The Hall–Kier alpha value is -1.33. The van der Waals surface area contributed by atoms with Crippen molar-refractivity contribution in [2.75, 3.05) is 7.05 Å². The second-order valence-corrected chi connectivity index (χ2v) is 5.80. The van der Waals surface area contributed by atoms with Gasteiger partial charge < -0.3 is 5.32 Å². The largest absolute Gasteiger partial charge is 0.315 e. The predicted octanol–water partition coefficient (Wildman–Crippen LogP) is 2.51. The molecular formula is C13H16N4S. The number of nitrogens with one attached hydrogen (secondary N) is 1. The highest BCUT2D eigenvalue weighted by atomic mass is 32.1. The van der Waals surface area contributed by atoms with Crippen molar-refractivity contribution < 1.29 is 0 Å². The Morgan fingerprint density at radius 2 is 2.06 bits per heavy atom. The predicted molar refractivity (Wildman–Crippen MR) is 72.6 cm³/mol. The summed E-state index contributed by atoms with van der Waals surface area (Å²) < 4.78 is 0. The van der Waals surface area contributed by atoms with Crippen LogP contribution in [0.15, 0.2) is 12.4 Å². The maximum absolute atomic E-state index is 4.74. The van der Waals surface area contributed by atoms with Crippen LogP contribution in [-0.4, -0.2) is 22.0 Å². The molecule has 2 aromatic rings. The van der Waals surface area contributed by atoms with Crippen molar-refractivity contribution in [2.24, 2.45) is 0 Å². The topological polar surface area (TPSA) is 50.7 Å². The summed E-state index contributed by atoms with van der Waals surface area (Å²) in [5, 5.41) is 4.16. The molecule has 1 aliphatic carbocycles. The third-order valence-electron chi connectivity index (χ3n) is 3.00. The minimum absolute atomic E-state index is 0.670. The first kappa shape index (κ1) is 11.7. The fraction of sp³-hybridized carbons (Fsp3) is 0.462. The summed E-state index contributed by atoms with van der Waals surface area (Å²) in [6, 6.07) is 0. The Morgan fingerprint density at radius 3 is 2.67 bits per heavy atom. The minimum atomic E-state index is 0.670. The molecule has 0 aromatic carbocycles. The molecule has 5 heteroatoms. The highest BCUT2D eigenvalue weighted by molar-refractivity contribution is 7.15. The van der Waals surface area contributed by atoms with E-state index in [1.54, 1.807) is 11.3 Å². The molecule has 2 aromatic heterocycles. The Morgan fingerprint density at radius 1 is 1.33 bits per heavy atom. The molecule has 0 saturated heterocycles. The number of hydrogen-bond acceptors (Lipinski definition) is 5. The number of thiazole rings is 1. The van der Waals surface area contributed by atoms with Crippen LogP contribution in [-0.2, 0) is 6.54 Å². The first-order chi connectivity index (χ1) is 8.78. The van der Waals surface area contributed by atoms with E-state index in [0.717, 1.165) is 22.9 Å². The van der Waals surface area contributed by atoms with Gasteiger partial charge in [-0.05, 0) is 32.4 Å². The molecule has 0 bridgehead atoms. The molecule has 0 atom stereocenters. The molecule has 1 saturated carbocycles. The van der Waals surface area contributed by atoms with Crippen LogP contribution in [0.4, 0.5) is 0 Å². The third-order valence-corrected chi connectivity index (χ3v) is 4.07. The Balaban J connectivity index is 1.96. The molecule has 3 rings (SSSR count). The summed E-state index contributed by atoms with van der Waals surface area (Å²) in [6.07, 6.45) is 6.24. The molecule has 18 heavy (non-hydrogen) atoms. The highest BCUT2D eigenvalue weighted by Crippen LogP contribution is 2.43. The van der Waals surface area contributed by atoms with E-state index in [2.05, 4.69) is 15.3 Å². The standard InChI is InChI=1S/C13H16N4S/c1-8-5-15-12(16-6-8)13-17-11(9-3-4-9)10(18-13)7-14-2/h5-6,9,14H,3-4,7H2,1-2H3. The summed E-state index contributed by atoms with van der Waals surface area (Å²) in [6.45, 7) is 2.88. The average molecular weight is 260 g/mol. The lowest BCUT2D eigenvalue weighted by molar-refractivity contribution is 0.813. The van der Waals surface area contributed by atoms with Crippen molar-refractivity contribution in [3.8, 4) is 10.8 Å². The molecule has 0 unspecified atom stereocenters. The van der Waals surface area contributed by atoms with E-state index >= 15 is 0 Å². The molecular weight excluding hydrogens is 244 g/mol. The first-order valence-corrected chi connectivity index (χ1v) is 7.03. The van der Waals surface area contributed by atoms with E-state index in [4.69, 9.17) is 4.98 Å². The molecule has 1 aliphatic rings. The summed E-state index contributed by atoms with van der Waals surface area (Å²) in [5.74, 6) is 1.42. The van der Waals surface area contributed by atoms with Gasteiger partial charge in [0.2, 0.25) is 0 Å². The van der Waals surface area contributed by atoms with Crippen LogP contribution >= 0.6 is 11.3 Å². The normalized spacial score (nSPS) is 15.0. The van der Waals surface area contributed by atoms with E-state index in [-0.39, 0.29) is 0 Å². The lowest BCUT2D eigenvalue weighted by Crippen LogP contribution is -2.05. The average Bonchev–Trinajstić information content (AvgIpc) is 3.13. The monoisotopic (exact) mass is 260 g/mol. The van der Waals surface area contributed by atoms with Gasteiger partial charge in [-0.15, -0.1) is 11.3 Å². The van der Waals surface area contributed by atoms with Crippen LogP contribution in [0.1, 0.15) is 34.9 Å². The zero-order valence-corrected chi connectivity index (χ0v) is 11.4.